The Kier molecular flexibility index (Phi) is 7.49. The number of hydrogen-bond donors (Lipinski definition) is 3. The highest BCUT2D eigenvalue weighted by Crippen LogP contribution is 2.19. The van der Waals surface area contributed by atoms with Crippen molar-refractivity contribution in [3.63, 3.8) is 0 Å². The fourth-order valence-electron chi connectivity index (χ4n) is 2.44. The summed E-state index contributed by atoms with van der Waals surface area (Å²) in [5.41, 5.74) is 1.46. The molecule has 0 bridgehead atoms. The van der Waals surface area contributed by atoms with E-state index in [-0.39, 0.29) is 17.6 Å². The molecule has 2 rings (SSSR count). The average Bonchev–Trinajstić information content (AvgIpc) is 2.65. The molecular weight excluding hydrogens is 332 g/mol. The Morgan fingerprint density at radius 3 is 2.42 bits per heavy atom. The van der Waals surface area contributed by atoms with E-state index in [1.54, 1.807) is 12.1 Å². The maximum Gasteiger partial charge on any atom is 0.251 e. The van der Waals surface area contributed by atoms with Crippen LogP contribution in [0.3, 0.4) is 0 Å². The zero-order chi connectivity index (χ0) is 18.8. The van der Waals surface area contributed by atoms with Gasteiger partial charge in [0.1, 0.15) is 11.5 Å². The molecule has 6 heteroatoms. The Morgan fingerprint density at radius 2 is 1.69 bits per heavy atom. The van der Waals surface area contributed by atoms with E-state index in [1.165, 1.54) is 12.1 Å². The minimum Gasteiger partial charge on any atom is -0.508 e. The maximum absolute atomic E-state index is 11.9. The van der Waals surface area contributed by atoms with Crippen LogP contribution in [0.15, 0.2) is 48.5 Å². The third-order valence-electron chi connectivity index (χ3n) is 3.76. The van der Waals surface area contributed by atoms with Crippen molar-refractivity contribution < 1.29 is 19.4 Å². The van der Waals surface area contributed by atoms with Gasteiger partial charge in [-0.25, -0.2) is 0 Å². The van der Waals surface area contributed by atoms with Gasteiger partial charge in [0.15, 0.2) is 0 Å². The van der Waals surface area contributed by atoms with E-state index >= 15 is 0 Å². The summed E-state index contributed by atoms with van der Waals surface area (Å²) in [6.07, 6.45) is 0.956. The Balaban J connectivity index is 1.68. The number of aryl methyl sites for hydroxylation is 1. The predicted octanol–water partition coefficient (Wildman–Crippen LogP) is 2.27. The zero-order valence-electron chi connectivity index (χ0n) is 14.8. The number of phenols is 1. The van der Waals surface area contributed by atoms with Gasteiger partial charge in [-0.3, -0.25) is 9.59 Å². The van der Waals surface area contributed by atoms with Gasteiger partial charge in [0.25, 0.3) is 5.91 Å². The predicted molar refractivity (Wildman–Crippen MR) is 99.4 cm³/mol. The number of phenolic OH excluding ortho intramolecular Hbond substituents is 1. The third kappa shape index (κ3) is 6.12. The van der Waals surface area contributed by atoms with Gasteiger partial charge < -0.3 is 20.5 Å². The van der Waals surface area contributed by atoms with Crippen LogP contribution in [0.5, 0.6) is 11.5 Å². The largest absolute Gasteiger partial charge is 0.508 e. The van der Waals surface area contributed by atoms with Crippen LogP contribution in [0.1, 0.15) is 29.3 Å². The fraction of sp³-hybridized carbons (Fsp3) is 0.300. The first-order valence-corrected chi connectivity index (χ1v) is 8.64. The van der Waals surface area contributed by atoms with Crippen LogP contribution in [0.2, 0.25) is 0 Å². The molecule has 0 aliphatic heterocycles. The molecule has 2 aromatic rings. The van der Waals surface area contributed by atoms with Crippen LogP contribution in [0.25, 0.3) is 0 Å². The molecule has 0 saturated heterocycles. The summed E-state index contributed by atoms with van der Waals surface area (Å²) in [6, 6.07) is 13.7. The highest BCUT2D eigenvalue weighted by atomic mass is 16.5. The second-order valence-electron chi connectivity index (χ2n) is 5.69. The van der Waals surface area contributed by atoms with Crippen molar-refractivity contribution in [1.29, 1.82) is 0 Å². The van der Waals surface area contributed by atoms with Crippen molar-refractivity contribution in [3.05, 3.63) is 59.7 Å². The second-order valence-corrected chi connectivity index (χ2v) is 5.69. The minimum absolute atomic E-state index is 0.0739. The molecule has 0 atom stereocenters. The number of aromatic hydroxyl groups is 1. The summed E-state index contributed by atoms with van der Waals surface area (Å²) in [5, 5.41) is 14.7. The van der Waals surface area contributed by atoms with E-state index in [9.17, 15) is 14.7 Å². The SMILES string of the molecule is CCOc1ccccc1CCC(=O)NCCNC(=O)c1ccc(O)cc1. The number of ether oxygens (including phenoxy) is 1. The van der Waals surface area contributed by atoms with Gasteiger partial charge in [-0.1, -0.05) is 18.2 Å². The molecule has 0 aliphatic rings. The number of nitrogens with one attached hydrogen (secondary N) is 2. The van der Waals surface area contributed by atoms with Crippen LogP contribution in [-0.4, -0.2) is 36.6 Å². The van der Waals surface area contributed by atoms with Crippen LogP contribution in [0, 0.1) is 0 Å². The maximum atomic E-state index is 11.9. The molecule has 6 nitrogen and oxygen atoms in total. The standard InChI is InChI=1S/C20H24N2O4/c1-2-26-18-6-4-3-5-15(18)9-12-19(24)21-13-14-22-20(25)16-7-10-17(23)11-8-16/h3-8,10-11,23H,2,9,12-14H2,1H3,(H,21,24)(H,22,25). The summed E-state index contributed by atoms with van der Waals surface area (Å²) in [6.45, 7) is 3.20. The van der Waals surface area contributed by atoms with Crippen molar-refractivity contribution in [2.75, 3.05) is 19.7 Å². The first-order chi connectivity index (χ1) is 12.6. The average molecular weight is 356 g/mol. The summed E-state index contributed by atoms with van der Waals surface area (Å²) in [7, 11) is 0. The van der Waals surface area contributed by atoms with Gasteiger partial charge in [0, 0.05) is 25.1 Å². The molecule has 138 valence electrons. The highest BCUT2D eigenvalue weighted by Gasteiger charge is 2.07. The van der Waals surface area contributed by atoms with Crippen LogP contribution >= 0.6 is 0 Å². The molecule has 0 spiro atoms. The van der Waals surface area contributed by atoms with Gasteiger partial charge in [0.05, 0.1) is 6.61 Å². The Bertz CT molecular complexity index is 729. The van der Waals surface area contributed by atoms with Gasteiger partial charge in [-0.2, -0.15) is 0 Å². The molecular formula is C20H24N2O4. The second kappa shape index (κ2) is 10.1. The third-order valence-corrected chi connectivity index (χ3v) is 3.76. The number of amides is 2. The van der Waals surface area contributed by atoms with Gasteiger partial charge >= 0.3 is 0 Å². The molecule has 2 aromatic carbocycles. The molecule has 3 N–H and O–H groups in total. The van der Waals surface area contributed by atoms with Crippen molar-refractivity contribution in [2.24, 2.45) is 0 Å². The lowest BCUT2D eigenvalue weighted by Gasteiger charge is -2.10. The quantitative estimate of drug-likeness (QED) is 0.602. The van der Waals surface area contributed by atoms with Gasteiger partial charge in [-0.15, -0.1) is 0 Å². The fourth-order valence-corrected chi connectivity index (χ4v) is 2.44. The molecule has 0 heterocycles. The Labute approximate surface area is 153 Å². The topological polar surface area (TPSA) is 87.7 Å². The number of para-hydroxylation sites is 1. The molecule has 2 amide bonds. The molecule has 26 heavy (non-hydrogen) atoms. The Morgan fingerprint density at radius 1 is 1.00 bits per heavy atom. The lowest BCUT2D eigenvalue weighted by atomic mass is 10.1. The molecule has 0 saturated carbocycles. The molecule has 0 unspecified atom stereocenters. The monoisotopic (exact) mass is 356 g/mol. The first kappa shape index (κ1) is 19.3. The molecule has 0 fully saturated rings. The minimum atomic E-state index is -0.245. The van der Waals surface area contributed by atoms with Crippen molar-refractivity contribution in [1.82, 2.24) is 10.6 Å². The van der Waals surface area contributed by atoms with Gasteiger partial charge in [-0.05, 0) is 49.2 Å². The van der Waals surface area contributed by atoms with E-state index in [0.29, 0.717) is 38.1 Å². The van der Waals surface area contributed by atoms with Crippen molar-refractivity contribution >= 4 is 11.8 Å². The van der Waals surface area contributed by atoms with E-state index in [0.717, 1.165) is 11.3 Å². The summed E-state index contributed by atoms with van der Waals surface area (Å²) in [5.74, 6) is 0.601. The molecule has 0 radical (unpaired) electrons. The lowest BCUT2D eigenvalue weighted by Crippen LogP contribution is -2.34. The zero-order valence-corrected chi connectivity index (χ0v) is 14.8. The molecule has 0 aliphatic carbocycles. The van der Waals surface area contributed by atoms with Crippen LogP contribution in [0.4, 0.5) is 0 Å². The van der Waals surface area contributed by atoms with Crippen LogP contribution in [-0.2, 0) is 11.2 Å². The number of carbonyl (C=O) groups excluding carboxylic acids is 2. The smallest absolute Gasteiger partial charge is 0.251 e. The number of hydrogen-bond acceptors (Lipinski definition) is 4. The summed E-state index contributed by atoms with van der Waals surface area (Å²) >= 11 is 0. The van der Waals surface area contributed by atoms with E-state index in [1.807, 2.05) is 31.2 Å². The normalized spacial score (nSPS) is 10.2. The summed E-state index contributed by atoms with van der Waals surface area (Å²) in [4.78, 5) is 23.8. The number of benzene rings is 2. The van der Waals surface area contributed by atoms with Crippen molar-refractivity contribution in [2.45, 2.75) is 19.8 Å². The summed E-state index contributed by atoms with van der Waals surface area (Å²) < 4.78 is 5.55. The van der Waals surface area contributed by atoms with E-state index in [4.69, 9.17) is 4.74 Å². The Hall–Kier alpha value is -3.02. The number of carbonyl (C=O) groups is 2. The highest BCUT2D eigenvalue weighted by molar-refractivity contribution is 5.94. The van der Waals surface area contributed by atoms with E-state index < -0.39 is 0 Å². The lowest BCUT2D eigenvalue weighted by molar-refractivity contribution is -0.121. The number of rotatable bonds is 9. The first-order valence-electron chi connectivity index (χ1n) is 8.64. The molecule has 0 aromatic heterocycles. The van der Waals surface area contributed by atoms with Crippen molar-refractivity contribution in [3.8, 4) is 11.5 Å². The van der Waals surface area contributed by atoms with Gasteiger partial charge in [0.2, 0.25) is 5.91 Å². The van der Waals surface area contributed by atoms with Crippen LogP contribution < -0.4 is 15.4 Å². The van der Waals surface area contributed by atoms with E-state index in [2.05, 4.69) is 10.6 Å².